The van der Waals surface area contributed by atoms with Crippen molar-refractivity contribution < 1.29 is 37.7 Å². The third kappa shape index (κ3) is 6.81. The highest BCUT2D eigenvalue weighted by Crippen LogP contribution is 2.47. The number of ether oxygens (including phenoxy) is 3. The van der Waals surface area contributed by atoms with Gasteiger partial charge in [-0.2, -0.15) is 15.1 Å². The Bertz CT molecular complexity index is 1880. The van der Waals surface area contributed by atoms with Crippen LogP contribution in [0.4, 0.5) is 5.82 Å². The number of aliphatic hydroxyl groups excluding tert-OH is 1. The Hall–Kier alpha value is -4.59. The lowest BCUT2D eigenvalue weighted by Crippen LogP contribution is -2.35. The second kappa shape index (κ2) is 13.4. The summed E-state index contributed by atoms with van der Waals surface area (Å²) >= 11 is 0. The van der Waals surface area contributed by atoms with Gasteiger partial charge in [-0.25, -0.2) is 9.55 Å². The van der Waals surface area contributed by atoms with E-state index in [1.807, 2.05) is 60.7 Å². The Morgan fingerprint density at radius 3 is 2.70 bits per heavy atom. The largest absolute Gasteiger partial charge is 0.467 e. The molecule has 6 rings (SSSR count). The van der Waals surface area contributed by atoms with E-state index in [2.05, 4.69) is 20.0 Å². The first-order chi connectivity index (χ1) is 22.2. The number of anilines is 1. The molecule has 3 heterocycles. The van der Waals surface area contributed by atoms with Crippen molar-refractivity contribution in [2.24, 2.45) is 0 Å². The zero-order chi connectivity index (χ0) is 32.3. The molecule has 0 spiro atoms. The van der Waals surface area contributed by atoms with Crippen LogP contribution in [0.25, 0.3) is 21.9 Å². The molecule has 2 unspecified atom stereocenters. The molecule has 1 fully saturated rings. The predicted molar refractivity (Wildman–Crippen MR) is 168 cm³/mol. The van der Waals surface area contributed by atoms with Gasteiger partial charge < -0.3 is 29.6 Å². The van der Waals surface area contributed by atoms with E-state index in [-0.39, 0.29) is 31.5 Å². The van der Waals surface area contributed by atoms with E-state index in [1.54, 1.807) is 12.1 Å². The molecule has 1 aliphatic heterocycles. The molecule has 14 nitrogen and oxygen atoms in total. The fraction of sp³-hybridized carbons (Fsp3) is 0.290. The standard InChI is InChI=1S/C31H33N6O8P/c1-19(30(39)42-16-20-9-4-3-5-10-20)36-46(40,45-25-14-8-12-21-11-6-7-13-23(21)25)43-17-22-15-24(38)29(44-22)37-18-33-26-27(32)34-31(41-2)35-28(26)37/h3-14,18-19,22,24,29,38H,15-17H2,1-2H3,(H,36,40)(H2,32,34,35)/t19-,22-,24?,29+,46?/m0/s1. The number of nitrogen functional groups attached to an aromatic ring is 1. The number of aliphatic hydroxyl groups is 1. The quantitative estimate of drug-likeness (QED) is 0.130. The highest BCUT2D eigenvalue weighted by Gasteiger charge is 2.40. The number of hydrogen-bond acceptors (Lipinski definition) is 12. The van der Waals surface area contributed by atoms with Gasteiger partial charge in [-0.1, -0.05) is 66.7 Å². The maximum absolute atomic E-state index is 14.3. The van der Waals surface area contributed by atoms with Crippen molar-refractivity contribution in [1.29, 1.82) is 0 Å². The number of esters is 1. The monoisotopic (exact) mass is 648 g/mol. The minimum Gasteiger partial charge on any atom is -0.467 e. The molecular weight excluding hydrogens is 615 g/mol. The summed E-state index contributed by atoms with van der Waals surface area (Å²) in [6.07, 6.45) is -1.05. The number of carbonyl (C=O) groups excluding carboxylic acids is 1. The normalized spacial score (nSPS) is 19.9. The lowest BCUT2D eigenvalue weighted by Gasteiger charge is -2.24. The van der Waals surface area contributed by atoms with Crippen molar-refractivity contribution >= 4 is 41.5 Å². The number of fused-ring (bicyclic) bond motifs is 2. The Morgan fingerprint density at radius 2 is 1.89 bits per heavy atom. The summed E-state index contributed by atoms with van der Waals surface area (Å²) in [4.78, 5) is 25.5. The van der Waals surface area contributed by atoms with E-state index in [0.29, 0.717) is 22.3 Å². The Kier molecular flexibility index (Phi) is 9.15. The molecule has 0 bridgehead atoms. The molecule has 0 aliphatic carbocycles. The fourth-order valence-electron chi connectivity index (χ4n) is 5.10. The van der Waals surface area contributed by atoms with Gasteiger partial charge in [-0.15, -0.1) is 0 Å². The van der Waals surface area contributed by atoms with Crippen LogP contribution in [0.15, 0.2) is 79.1 Å². The summed E-state index contributed by atoms with van der Waals surface area (Å²) in [6, 6.07) is 20.9. The number of nitrogens with one attached hydrogen (secondary N) is 1. The van der Waals surface area contributed by atoms with Crippen LogP contribution in [-0.2, 0) is 30.0 Å². The molecule has 3 aromatic carbocycles. The van der Waals surface area contributed by atoms with Crippen molar-refractivity contribution in [2.75, 3.05) is 19.5 Å². The molecule has 240 valence electrons. The molecule has 5 atom stereocenters. The third-order valence-corrected chi connectivity index (χ3v) is 9.01. The maximum atomic E-state index is 14.3. The van der Waals surface area contributed by atoms with E-state index in [9.17, 15) is 14.5 Å². The third-order valence-electron chi connectivity index (χ3n) is 7.38. The number of rotatable bonds is 12. The molecule has 0 saturated carbocycles. The number of benzene rings is 3. The van der Waals surface area contributed by atoms with Gasteiger partial charge in [-0.05, 0) is 23.9 Å². The van der Waals surface area contributed by atoms with Crippen molar-refractivity contribution in [3.8, 4) is 11.8 Å². The number of aromatic nitrogens is 4. The van der Waals surface area contributed by atoms with E-state index in [4.69, 9.17) is 29.0 Å². The van der Waals surface area contributed by atoms with E-state index >= 15 is 0 Å². The SMILES string of the molecule is COc1nc(N)c2ncn([C@@H]3O[C@H](COP(=O)(N[C@@H](C)C(=O)OCc4ccccc4)Oc4cccc5ccccc45)CC3O)c2n1. The van der Waals surface area contributed by atoms with Crippen molar-refractivity contribution in [3.63, 3.8) is 0 Å². The Morgan fingerprint density at radius 1 is 1.13 bits per heavy atom. The minimum atomic E-state index is -4.24. The number of methoxy groups -OCH3 is 1. The smallest absolute Gasteiger partial charge is 0.459 e. The predicted octanol–water partition coefficient (Wildman–Crippen LogP) is 4.14. The summed E-state index contributed by atoms with van der Waals surface area (Å²) in [5, 5.41) is 15.2. The lowest BCUT2D eigenvalue weighted by atomic mass is 10.1. The van der Waals surface area contributed by atoms with Gasteiger partial charge in [0.1, 0.15) is 24.5 Å². The Balaban J connectivity index is 1.19. The fourth-order valence-corrected chi connectivity index (χ4v) is 6.64. The van der Waals surface area contributed by atoms with Crippen LogP contribution in [0.5, 0.6) is 11.8 Å². The molecular formula is C31H33N6O8P. The zero-order valence-electron chi connectivity index (χ0n) is 25.1. The molecule has 1 aliphatic rings. The second-order valence-electron chi connectivity index (χ2n) is 10.7. The van der Waals surface area contributed by atoms with Crippen LogP contribution in [0.3, 0.4) is 0 Å². The lowest BCUT2D eigenvalue weighted by molar-refractivity contribution is -0.146. The molecule has 0 amide bonds. The molecule has 1 saturated heterocycles. The first-order valence-corrected chi connectivity index (χ1v) is 16.0. The highest BCUT2D eigenvalue weighted by atomic mass is 31.2. The van der Waals surface area contributed by atoms with E-state index in [1.165, 1.54) is 24.9 Å². The molecule has 5 aromatic rings. The van der Waals surface area contributed by atoms with Gasteiger partial charge in [0.05, 0.1) is 26.1 Å². The van der Waals surface area contributed by atoms with Crippen LogP contribution in [-0.4, -0.2) is 62.6 Å². The van der Waals surface area contributed by atoms with Gasteiger partial charge in [0, 0.05) is 11.8 Å². The van der Waals surface area contributed by atoms with Crippen LogP contribution in [0, 0.1) is 0 Å². The Labute approximate surface area is 264 Å². The molecule has 46 heavy (non-hydrogen) atoms. The number of nitrogens with zero attached hydrogens (tertiary/aromatic N) is 4. The van der Waals surface area contributed by atoms with Gasteiger partial charge in [0.15, 0.2) is 23.2 Å². The summed E-state index contributed by atoms with van der Waals surface area (Å²) in [5.74, 6) is -0.243. The van der Waals surface area contributed by atoms with Crippen molar-refractivity contribution in [3.05, 3.63) is 84.7 Å². The first-order valence-electron chi connectivity index (χ1n) is 14.5. The van der Waals surface area contributed by atoms with Gasteiger partial charge >= 0.3 is 19.7 Å². The summed E-state index contributed by atoms with van der Waals surface area (Å²) in [7, 11) is -2.84. The van der Waals surface area contributed by atoms with Crippen molar-refractivity contribution in [2.45, 2.75) is 44.4 Å². The van der Waals surface area contributed by atoms with Crippen LogP contribution in [0.1, 0.15) is 25.1 Å². The summed E-state index contributed by atoms with van der Waals surface area (Å²) < 4.78 is 44.4. The van der Waals surface area contributed by atoms with Crippen LogP contribution >= 0.6 is 7.75 Å². The number of nitrogens with two attached hydrogens (primary N) is 1. The molecule has 2 aromatic heterocycles. The van der Waals surface area contributed by atoms with E-state index < -0.39 is 38.2 Å². The highest BCUT2D eigenvalue weighted by molar-refractivity contribution is 7.52. The zero-order valence-corrected chi connectivity index (χ0v) is 25.9. The van der Waals surface area contributed by atoms with Crippen LogP contribution in [0.2, 0.25) is 0 Å². The molecule has 0 radical (unpaired) electrons. The summed E-state index contributed by atoms with van der Waals surface area (Å²) in [6.45, 7) is 1.30. The van der Waals surface area contributed by atoms with Gasteiger partial charge in [-0.3, -0.25) is 13.9 Å². The number of imidazole rings is 1. The van der Waals surface area contributed by atoms with E-state index in [0.717, 1.165) is 10.9 Å². The average Bonchev–Trinajstić information content (AvgIpc) is 3.66. The van der Waals surface area contributed by atoms with Gasteiger partial charge in [0.2, 0.25) is 0 Å². The number of carbonyl (C=O) groups is 1. The average molecular weight is 649 g/mol. The van der Waals surface area contributed by atoms with Crippen LogP contribution < -0.4 is 20.1 Å². The van der Waals surface area contributed by atoms with Crippen molar-refractivity contribution in [1.82, 2.24) is 24.6 Å². The maximum Gasteiger partial charge on any atom is 0.459 e. The molecule has 15 heteroatoms. The van der Waals surface area contributed by atoms with Gasteiger partial charge in [0.25, 0.3) is 0 Å². The number of hydrogen-bond donors (Lipinski definition) is 3. The molecule has 4 N–H and O–H groups in total. The second-order valence-corrected chi connectivity index (χ2v) is 12.4. The topological polar surface area (TPSA) is 182 Å². The summed E-state index contributed by atoms with van der Waals surface area (Å²) in [5.41, 5.74) is 7.43. The minimum absolute atomic E-state index is 0.0353. The first kappa shape index (κ1) is 31.4.